The number of urea groups is 1. The molecule has 1 rings (SSSR count). The Labute approximate surface area is 88.6 Å². The Morgan fingerprint density at radius 1 is 1.47 bits per heavy atom. The molecule has 1 aliphatic heterocycles. The van der Waals surface area contributed by atoms with Gasteiger partial charge in [0.2, 0.25) is 0 Å². The van der Waals surface area contributed by atoms with Crippen molar-refractivity contribution in [2.75, 3.05) is 26.4 Å². The molecule has 0 unspecified atom stereocenters. The van der Waals surface area contributed by atoms with Gasteiger partial charge in [-0.05, 0) is 12.8 Å². The number of carbonyl (C=O) groups excluding carboxylic acids is 1. The summed E-state index contributed by atoms with van der Waals surface area (Å²) in [7, 11) is 0. The zero-order valence-electron chi connectivity index (χ0n) is 8.61. The second-order valence-corrected chi connectivity index (χ2v) is 3.60. The molecule has 1 aliphatic rings. The lowest BCUT2D eigenvalue weighted by Gasteiger charge is -2.27. The highest BCUT2D eigenvalue weighted by Gasteiger charge is 2.21. The van der Waals surface area contributed by atoms with Crippen molar-refractivity contribution >= 4 is 6.03 Å². The molecule has 6 nitrogen and oxygen atoms in total. The third-order valence-electron chi connectivity index (χ3n) is 2.24. The number of hydrogen-bond acceptors (Lipinski definition) is 4. The first-order valence-electron chi connectivity index (χ1n) is 5.12. The molecule has 1 fully saturated rings. The summed E-state index contributed by atoms with van der Waals surface area (Å²) in [4.78, 5) is 11.3. The second kappa shape index (κ2) is 6.60. The Kier molecular flexibility index (Phi) is 5.38. The fraction of sp³-hybridized carbons (Fsp3) is 0.889. The summed E-state index contributed by atoms with van der Waals surface area (Å²) in [6, 6.07) is -0.499. The van der Waals surface area contributed by atoms with Crippen LogP contribution in [0, 0.1) is 0 Å². The molecule has 0 aromatic heterocycles. The van der Waals surface area contributed by atoms with E-state index in [1.165, 1.54) is 0 Å². The molecule has 0 spiro atoms. The summed E-state index contributed by atoms with van der Waals surface area (Å²) in [5.41, 5.74) is 0. The average molecular weight is 218 g/mol. The van der Waals surface area contributed by atoms with Crippen molar-refractivity contribution in [2.24, 2.45) is 0 Å². The molecule has 88 valence electrons. The average Bonchev–Trinajstić information content (AvgIpc) is 2.18. The number of aliphatic hydroxyl groups excluding tert-OH is 2. The van der Waals surface area contributed by atoms with Crippen LogP contribution in [0.1, 0.15) is 12.8 Å². The molecule has 4 N–H and O–H groups in total. The van der Waals surface area contributed by atoms with E-state index in [2.05, 4.69) is 10.6 Å². The minimum atomic E-state index is -0.293. The van der Waals surface area contributed by atoms with Crippen LogP contribution in [0.2, 0.25) is 0 Å². The topological polar surface area (TPSA) is 90.8 Å². The maximum atomic E-state index is 11.3. The number of carbonyl (C=O) groups is 1. The van der Waals surface area contributed by atoms with E-state index in [4.69, 9.17) is 14.9 Å². The number of amides is 2. The smallest absolute Gasteiger partial charge is 0.315 e. The summed E-state index contributed by atoms with van der Waals surface area (Å²) in [6.45, 7) is 1.05. The van der Waals surface area contributed by atoms with Crippen LogP contribution in [0.5, 0.6) is 0 Å². The second-order valence-electron chi connectivity index (χ2n) is 3.60. The van der Waals surface area contributed by atoms with Gasteiger partial charge < -0.3 is 25.6 Å². The van der Waals surface area contributed by atoms with E-state index in [0.29, 0.717) is 26.1 Å². The molecule has 1 atom stereocenters. The Hall–Kier alpha value is -0.850. The number of rotatable bonds is 6. The van der Waals surface area contributed by atoms with Crippen LogP contribution in [0.15, 0.2) is 0 Å². The van der Waals surface area contributed by atoms with Crippen molar-refractivity contribution < 1.29 is 19.7 Å². The Balaban J connectivity index is 2.14. The van der Waals surface area contributed by atoms with Gasteiger partial charge in [0.1, 0.15) is 0 Å². The Bertz CT molecular complexity index is 197. The number of hydrogen-bond donors (Lipinski definition) is 4. The third-order valence-corrected chi connectivity index (χ3v) is 2.24. The van der Waals surface area contributed by atoms with Crippen LogP contribution in [-0.2, 0) is 4.74 Å². The monoisotopic (exact) mass is 218 g/mol. The Morgan fingerprint density at radius 2 is 2.20 bits per heavy atom. The van der Waals surface area contributed by atoms with Crippen molar-refractivity contribution in [1.29, 1.82) is 0 Å². The summed E-state index contributed by atoms with van der Waals surface area (Å²) >= 11 is 0. The van der Waals surface area contributed by atoms with E-state index in [9.17, 15) is 4.79 Å². The van der Waals surface area contributed by atoms with Gasteiger partial charge in [-0.15, -0.1) is 0 Å². The highest BCUT2D eigenvalue weighted by atomic mass is 16.5. The van der Waals surface area contributed by atoms with Crippen molar-refractivity contribution in [3.63, 3.8) is 0 Å². The molecule has 2 amide bonds. The van der Waals surface area contributed by atoms with E-state index in [0.717, 1.165) is 0 Å². The maximum Gasteiger partial charge on any atom is 0.315 e. The van der Waals surface area contributed by atoms with Gasteiger partial charge in [0, 0.05) is 6.61 Å². The van der Waals surface area contributed by atoms with Gasteiger partial charge in [-0.3, -0.25) is 0 Å². The first-order valence-corrected chi connectivity index (χ1v) is 5.12. The molecular weight excluding hydrogens is 200 g/mol. The van der Waals surface area contributed by atoms with Gasteiger partial charge in [-0.2, -0.15) is 0 Å². The van der Waals surface area contributed by atoms with Crippen LogP contribution in [0.4, 0.5) is 4.79 Å². The molecule has 15 heavy (non-hydrogen) atoms. The minimum Gasteiger partial charge on any atom is -0.396 e. The van der Waals surface area contributed by atoms with Crippen molar-refractivity contribution in [3.8, 4) is 0 Å². The lowest BCUT2D eigenvalue weighted by molar-refractivity contribution is -0.000263. The van der Waals surface area contributed by atoms with Gasteiger partial charge in [-0.1, -0.05) is 0 Å². The normalized spacial score (nSPS) is 18.0. The van der Waals surface area contributed by atoms with Crippen molar-refractivity contribution in [2.45, 2.75) is 24.9 Å². The SMILES string of the molecule is O=C(NC1COC1)N[C@H](CO)CCCO. The Morgan fingerprint density at radius 3 is 2.67 bits per heavy atom. The molecule has 0 saturated carbocycles. The third kappa shape index (κ3) is 4.46. The van der Waals surface area contributed by atoms with Crippen LogP contribution < -0.4 is 10.6 Å². The molecule has 0 radical (unpaired) electrons. The predicted molar refractivity (Wildman–Crippen MR) is 53.5 cm³/mol. The van der Waals surface area contributed by atoms with Crippen LogP contribution in [-0.4, -0.2) is 54.8 Å². The van der Waals surface area contributed by atoms with E-state index in [-0.39, 0.29) is 31.3 Å². The molecule has 1 heterocycles. The molecule has 0 aromatic rings. The predicted octanol–water partition coefficient (Wildman–Crippen LogP) is -1.18. The summed E-state index contributed by atoms with van der Waals surface area (Å²) in [5.74, 6) is 0. The standard InChI is InChI=1S/C9H18N2O4/c12-3-1-2-7(4-13)10-9(14)11-8-5-15-6-8/h7-8,12-13H,1-6H2,(H2,10,11,14)/t7-/m0/s1. The van der Waals surface area contributed by atoms with Crippen LogP contribution >= 0.6 is 0 Å². The summed E-state index contributed by atoms with van der Waals surface area (Å²) in [6.07, 6.45) is 1.14. The lowest BCUT2D eigenvalue weighted by Crippen LogP contribution is -2.54. The fourth-order valence-corrected chi connectivity index (χ4v) is 1.28. The zero-order chi connectivity index (χ0) is 11.1. The lowest BCUT2D eigenvalue weighted by atomic mass is 10.2. The molecule has 0 aliphatic carbocycles. The highest BCUT2D eigenvalue weighted by Crippen LogP contribution is 2.00. The van der Waals surface area contributed by atoms with E-state index < -0.39 is 0 Å². The quantitative estimate of drug-likeness (QED) is 0.451. The molecule has 0 aromatic carbocycles. The van der Waals surface area contributed by atoms with Gasteiger partial charge in [0.05, 0.1) is 31.9 Å². The van der Waals surface area contributed by atoms with Crippen LogP contribution in [0.3, 0.4) is 0 Å². The van der Waals surface area contributed by atoms with Gasteiger partial charge in [0.25, 0.3) is 0 Å². The number of aliphatic hydroxyl groups is 2. The van der Waals surface area contributed by atoms with Gasteiger partial charge in [-0.25, -0.2) is 4.79 Å². The molecular formula is C9H18N2O4. The number of nitrogens with one attached hydrogen (secondary N) is 2. The number of ether oxygens (including phenoxy) is 1. The summed E-state index contributed by atoms with van der Waals surface area (Å²) in [5, 5.41) is 22.9. The molecule has 1 saturated heterocycles. The maximum absolute atomic E-state index is 11.3. The van der Waals surface area contributed by atoms with Crippen molar-refractivity contribution in [1.82, 2.24) is 10.6 Å². The largest absolute Gasteiger partial charge is 0.396 e. The zero-order valence-corrected chi connectivity index (χ0v) is 8.61. The van der Waals surface area contributed by atoms with Crippen LogP contribution in [0.25, 0.3) is 0 Å². The van der Waals surface area contributed by atoms with E-state index in [1.807, 2.05) is 0 Å². The van der Waals surface area contributed by atoms with E-state index >= 15 is 0 Å². The first-order chi connectivity index (χ1) is 7.26. The van der Waals surface area contributed by atoms with Gasteiger partial charge in [0.15, 0.2) is 0 Å². The van der Waals surface area contributed by atoms with Crippen molar-refractivity contribution in [3.05, 3.63) is 0 Å². The first kappa shape index (κ1) is 12.2. The minimum absolute atomic E-state index is 0.0657. The fourth-order valence-electron chi connectivity index (χ4n) is 1.28. The van der Waals surface area contributed by atoms with E-state index in [1.54, 1.807) is 0 Å². The van der Waals surface area contributed by atoms with Gasteiger partial charge >= 0.3 is 6.03 Å². The molecule has 0 bridgehead atoms. The summed E-state index contributed by atoms with van der Waals surface area (Å²) < 4.78 is 4.91. The molecule has 6 heteroatoms. The highest BCUT2D eigenvalue weighted by molar-refractivity contribution is 5.74.